The summed E-state index contributed by atoms with van der Waals surface area (Å²) in [7, 11) is 1.65. The van der Waals surface area contributed by atoms with Gasteiger partial charge in [-0.3, -0.25) is 10.1 Å². The summed E-state index contributed by atoms with van der Waals surface area (Å²) in [6.45, 7) is 4.27. The lowest BCUT2D eigenvalue weighted by molar-refractivity contribution is -0.384. The number of hydrogen-bond donors (Lipinski definition) is 3. The van der Waals surface area contributed by atoms with Gasteiger partial charge in [0, 0.05) is 25.6 Å². The van der Waals surface area contributed by atoms with E-state index in [2.05, 4.69) is 15.6 Å². The maximum Gasteiger partial charge on any atom is 0.276 e. The number of aliphatic hydroxyl groups excluding tert-OH is 1. The van der Waals surface area contributed by atoms with E-state index in [9.17, 15) is 10.1 Å². The molecule has 0 aromatic carbocycles. The normalized spacial score (nSPS) is 11.1. The van der Waals surface area contributed by atoms with Crippen LogP contribution in [-0.2, 0) is 0 Å². The molecule has 0 saturated carbocycles. The Balaban J connectivity index is 2.88. The van der Waals surface area contributed by atoms with Crippen molar-refractivity contribution in [2.24, 2.45) is 5.41 Å². The predicted octanol–water partition coefficient (Wildman–Crippen LogP) is 1.46. The first kappa shape index (κ1) is 14.2. The third kappa shape index (κ3) is 3.85. The fourth-order valence-electron chi connectivity index (χ4n) is 1.23. The minimum atomic E-state index is -0.467. The van der Waals surface area contributed by atoms with Crippen LogP contribution in [0.4, 0.5) is 17.3 Å². The van der Waals surface area contributed by atoms with Crippen molar-refractivity contribution in [3.05, 3.63) is 22.2 Å². The standard InChI is InChI=1S/C11H18N4O3/c1-11(2,7-16)6-13-10-5-8(15(17)18)4-9(12-3)14-10/h4-5,16H,6-7H2,1-3H3,(H2,12,13,14). The lowest BCUT2D eigenvalue weighted by Crippen LogP contribution is -2.27. The molecule has 3 N–H and O–H groups in total. The summed E-state index contributed by atoms with van der Waals surface area (Å²) >= 11 is 0. The van der Waals surface area contributed by atoms with E-state index in [4.69, 9.17) is 5.11 Å². The zero-order valence-electron chi connectivity index (χ0n) is 10.7. The van der Waals surface area contributed by atoms with Crippen molar-refractivity contribution in [3.8, 4) is 0 Å². The van der Waals surface area contributed by atoms with Gasteiger partial charge in [-0.15, -0.1) is 0 Å². The van der Waals surface area contributed by atoms with Crippen LogP contribution in [0, 0.1) is 15.5 Å². The third-order valence-electron chi connectivity index (χ3n) is 2.45. The second-order valence-electron chi connectivity index (χ2n) is 4.78. The molecule has 0 aliphatic carbocycles. The highest BCUT2D eigenvalue weighted by atomic mass is 16.6. The van der Waals surface area contributed by atoms with Gasteiger partial charge in [0.15, 0.2) is 0 Å². The molecule has 7 nitrogen and oxygen atoms in total. The van der Waals surface area contributed by atoms with Crippen LogP contribution in [0.2, 0.25) is 0 Å². The summed E-state index contributed by atoms with van der Waals surface area (Å²) in [6, 6.07) is 2.73. The van der Waals surface area contributed by atoms with Crippen molar-refractivity contribution < 1.29 is 10.0 Å². The molecular formula is C11H18N4O3. The monoisotopic (exact) mass is 254 g/mol. The van der Waals surface area contributed by atoms with Gasteiger partial charge in [-0.25, -0.2) is 4.98 Å². The van der Waals surface area contributed by atoms with Crippen LogP contribution in [-0.4, -0.2) is 35.2 Å². The van der Waals surface area contributed by atoms with Crippen molar-refractivity contribution in [1.29, 1.82) is 0 Å². The fourth-order valence-corrected chi connectivity index (χ4v) is 1.23. The molecule has 7 heteroatoms. The van der Waals surface area contributed by atoms with E-state index in [1.807, 2.05) is 13.8 Å². The topological polar surface area (TPSA) is 100 Å². The third-order valence-corrected chi connectivity index (χ3v) is 2.45. The molecule has 0 atom stereocenters. The summed E-state index contributed by atoms with van der Waals surface area (Å²) in [4.78, 5) is 14.5. The van der Waals surface area contributed by atoms with Crippen LogP contribution in [0.15, 0.2) is 12.1 Å². The number of nitro groups is 1. The quantitative estimate of drug-likeness (QED) is 0.525. The summed E-state index contributed by atoms with van der Waals surface area (Å²) in [6.07, 6.45) is 0. The average molecular weight is 254 g/mol. The van der Waals surface area contributed by atoms with Gasteiger partial charge in [0.2, 0.25) is 0 Å². The van der Waals surface area contributed by atoms with E-state index in [1.165, 1.54) is 12.1 Å². The van der Waals surface area contributed by atoms with Crippen molar-refractivity contribution in [2.45, 2.75) is 13.8 Å². The van der Waals surface area contributed by atoms with Crippen LogP contribution in [0.3, 0.4) is 0 Å². The van der Waals surface area contributed by atoms with Gasteiger partial charge < -0.3 is 15.7 Å². The Hall–Kier alpha value is -1.89. The number of aromatic nitrogens is 1. The van der Waals surface area contributed by atoms with E-state index >= 15 is 0 Å². The highest BCUT2D eigenvalue weighted by molar-refractivity contribution is 5.54. The Morgan fingerprint density at radius 2 is 2.06 bits per heavy atom. The predicted molar refractivity (Wildman–Crippen MR) is 69.8 cm³/mol. The van der Waals surface area contributed by atoms with Crippen LogP contribution in [0.1, 0.15) is 13.8 Å². The first-order valence-corrected chi connectivity index (χ1v) is 5.57. The molecule has 0 saturated heterocycles. The summed E-state index contributed by atoms with van der Waals surface area (Å²) in [5.41, 5.74) is -0.342. The van der Waals surface area contributed by atoms with Crippen LogP contribution in [0.25, 0.3) is 0 Å². The number of hydrogen-bond acceptors (Lipinski definition) is 6. The molecule has 1 aromatic heterocycles. The van der Waals surface area contributed by atoms with Gasteiger partial charge in [0.1, 0.15) is 11.6 Å². The summed E-state index contributed by atoms with van der Waals surface area (Å²) in [5.74, 6) is 0.837. The minimum Gasteiger partial charge on any atom is -0.396 e. The van der Waals surface area contributed by atoms with E-state index in [1.54, 1.807) is 7.05 Å². The second kappa shape index (κ2) is 5.63. The number of nitrogens with zero attached hydrogens (tertiary/aromatic N) is 2. The number of rotatable bonds is 6. The van der Waals surface area contributed by atoms with E-state index in [-0.39, 0.29) is 17.7 Å². The van der Waals surface area contributed by atoms with Crippen molar-refractivity contribution in [2.75, 3.05) is 30.8 Å². The van der Waals surface area contributed by atoms with Crippen LogP contribution >= 0.6 is 0 Å². The Morgan fingerprint density at radius 3 is 2.56 bits per heavy atom. The zero-order chi connectivity index (χ0) is 13.8. The molecule has 0 aliphatic heterocycles. The Kier molecular flexibility index (Phi) is 4.43. The molecule has 0 unspecified atom stereocenters. The van der Waals surface area contributed by atoms with Gasteiger partial charge in [-0.05, 0) is 0 Å². The number of aliphatic hydroxyl groups is 1. The highest BCUT2D eigenvalue weighted by Crippen LogP contribution is 2.22. The second-order valence-corrected chi connectivity index (χ2v) is 4.78. The SMILES string of the molecule is CNc1cc([N+](=O)[O-])cc(NCC(C)(C)CO)n1. The minimum absolute atomic E-state index is 0.0216. The largest absolute Gasteiger partial charge is 0.396 e. The fraction of sp³-hybridized carbons (Fsp3) is 0.545. The molecule has 0 bridgehead atoms. The molecule has 1 heterocycles. The summed E-state index contributed by atoms with van der Waals surface area (Å²) < 4.78 is 0. The van der Waals surface area contributed by atoms with Crippen molar-refractivity contribution in [1.82, 2.24) is 4.98 Å². The van der Waals surface area contributed by atoms with Crippen molar-refractivity contribution in [3.63, 3.8) is 0 Å². The molecule has 0 radical (unpaired) electrons. The van der Waals surface area contributed by atoms with Gasteiger partial charge in [-0.2, -0.15) is 0 Å². The molecule has 1 rings (SSSR count). The van der Waals surface area contributed by atoms with Gasteiger partial charge >= 0.3 is 0 Å². The molecular weight excluding hydrogens is 236 g/mol. The molecule has 0 amide bonds. The molecule has 0 aliphatic rings. The number of pyridine rings is 1. The average Bonchev–Trinajstić information content (AvgIpc) is 2.36. The van der Waals surface area contributed by atoms with Gasteiger partial charge in [0.05, 0.1) is 17.1 Å². The van der Waals surface area contributed by atoms with E-state index in [0.29, 0.717) is 18.2 Å². The first-order valence-electron chi connectivity index (χ1n) is 5.57. The van der Waals surface area contributed by atoms with Crippen molar-refractivity contribution >= 4 is 17.3 Å². The van der Waals surface area contributed by atoms with E-state index < -0.39 is 4.92 Å². The zero-order valence-corrected chi connectivity index (χ0v) is 10.7. The number of anilines is 2. The Morgan fingerprint density at radius 1 is 1.44 bits per heavy atom. The Bertz CT molecular complexity index is 434. The number of nitrogens with one attached hydrogen (secondary N) is 2. The smallest absolute Gasteiger partial charge is 0.276 e. The highest BCUT2D eigenvalue weighted by Gasteiger charge is 2.17. The lowest BCUT2D eigenvalue weighted by Gasteiger charge is -2.22. The molecule has 18 heavy (non-hydrogen) atoms. The summed E-state index contributed by atoms with van der Waals surface area (Å²) in [5, 5.41) is 25.7. The van der Waals surface area contributed by atoms with Gasteiger partial charge in [0.25, 0.3) is 5.69 Å². The van der Waals surface area contributed by atoms with E-state index in [0.717, 1.165) is 0 Å². The maximum atomic E-state index is 10.8. The first-order chi connectivity index (χ1) is 8.38. The Labute approximate surface area is 105 Å². The molecule has 0 spiro atoms. The molecule has 0 fully saturated rings. The van der Waals surface area contributed by atoms with Gasteiger partial charge in [-0.1, -0.05) is 13.8 Å². The van der Waals surface area contributed by atoms with Crippen LogP contribution < -0.4 is 10.6 Å². The molecule has 1 aromatic rings. The lowest BCUT2D eigenvalue weighted by atomic mass is 9.95. The molecule has 100 valence electrons. The van der Waals surface area contributed by atoms with Crippen LogP contribution in [0.5, 0.6) is 0 Å². The maximum absolute atomic E-state index is 10.8.